The minimum atomic E-state index is -2.78. The Morgan fingerprint density at radius 1 is 0.704 bits per heavy atom. The van der Waals surface area contributed by atoms with Crippen LogP contribution in [0.2, 0.25) is 52.4 Å². The van der Waals surface area contributed by atoms with Gasteiger partial charge in [-0.1, -0.05) is 30.3 Å². The maximum absolute atomic E-state index is 6.72. The molecule has 0 saturated carbocycles. The lowest BCUT2D eigenvalue weighted by Gasteiger charge is -2.42. The van der Waals surface area contributed by atoms with Crippen molar-refractivity contribution < 1.29 is 25.3 Å². The summed E-state index contributed by atoms with van der Waals surface area (Å²) in [5, 5.41) is 1.07. The molecule has 0 heterocycles. The topological polar surface area (TPSA) is 55.4 Å². The number of rotatable bonds is 11. The predicted molar refractivity (Wildman–Crippen MR) is 122 cm³/mol. The van der Waals surface area contributed by atoms with Gasteiger partial charge >= 0.3 is 43.5 Å². The molecule has 0 saturated heterocycles. The van der Waals surface area contributed by atoms with Crippen molar-refractivity contribution in [3.8, 4) is 0 Å². The molecule has 0 N–H and O–H groups in total. The number of hydrogen-bond acceptors (Lipinski definition) is 6. The molecule has 1 aromatic rings. The number of hydrogen-bond donors (Lipinski definition) is 0. The first-order valence-electron chi connectivity index (χ1n) is 9.16. The fraction of sp³-hybridized carbons (Fsp3) is 0.625. The molecule has 156 valence electrons. The zero-order valence-corrected chi connectivity index (χ0v) is 23.6. The van der Waals surface area contributed by atoms with Crippen molar-refractivity contribution >= 4 is 48.7 Å². The maximum Gasteiger partial charge on any atom is 0.351 e. The Labute approximate surface area is 170 Å². The van der Waals surface area contributed by atoms with Crippen LogP contribution in [-0.2, 0) is 25.3 Å². The van der Waals surface area contributed by atoms with E-state index in [1.165, 1.54) is 0 Å². The smallest absolute Gasteiger partial charge is 0.351 e. The van der Waals surface area contributed by atoms with E-state index in [0.717, 1.165) is 5.19 Å². The molecule has 11 heteroatoms. The van der Waals surface area contributed by atoms with Crippen molar-refractivity contribution in [3.63, 3.8) is 0 Å². The van der Waals surface area contributed by atoms with Crippen LogP contribution in [0.15, 0.2) is 30.3 Å². The highest BCUT2D eigenvalue weighted by molar-refractivity contribution is 6.94. The van der Waals surface area contributed by atoms with Crippen molar-refractivity contribution in [2.24, 2.45) is 0 Å². The Morgan fingerprint density at radius 3 is 1.70 bits per heavy atom. The average Bonchev–Trinajstić information content (AvgIpc) is 2.52. The van der Waals surface area contributed by atoms with E-state index in [0.29, 0.717) is 0 Å². The minimum Gasteiger partial charge on any atom is -0.418 e. The first-order chi connectivity index (χ1) is 12.2. The normalized spacial score (nSPS) is 16.8. The molecule has 0 spiro atoms. The molecule has 0 fully saturated rings. The average molecular weight is 465 g/mol. The van der Waals surface area contributed by atoms with Crippen molar-refractivity contribution in [1.82, 2.24) is 0 Å². The lowest BCUT2D eigenvalue weighted by atomic mass is 10.4. The van der Waals surface area contributed by atoms with Crippen molar-refractivity contribution in [3.05, 3.63) is 30.3 Å². The molecule has 0 aliphatic carbocycles. The van der Waals surface area contributed by atoms with Crippen molar-refractivity contribution in [2.75, 3.05) is 14.2 Å². The van der Waals surface area contributed by atoms with E-state index in [-0.39, 0.29) is 0 Å². The molecular weight excluding hydrogens is 429 g/mol. The standard InChI is InChI=1S/C16H36O6Si5/c1-17-23(3)19-25(6,7)21-27(10,16-14-12-11-13-15-16)22-26(8,9)20-24(4,5)18-2/h11-15,23H,1-10H3. The van der Waals surface area contributed by atoms with Gasteiger partial charge in [-0.15, -0.1) is 0 Å². The monoisotopic (exact) mass is 464 g/mol. The Morgan fingerprint density at radius 2 is 1.22 bits per heavy atom. The van der Waals surface area contributed by atoms with E-state index in [2.05, 4.69) is 44.9 Å². The molecule has 2 atom stereocenters. The zero-order chi connectivity index (χ0) is 20.9. The fourth-order valence-electron chi connectivity index (χ4n) is 2.94. The summed E-state index contributed by atoms with van der Waals surface area (Å²) in [6, 6.07) is 10.2. The summed E-state index contributed by atoms with van der Waals surface area (Å²) in [6.45, 7) is 16.4. The van der Waals surface area contributed by atoms with Crippen LogP contribution in [0.25, 0.3) is 0 Å². The molecule has 0 amide bonds. The summed E-state index contributed by atoms with van der Waals surface area (Å²) in [6.07, 6.45) is 0. The largest absolute Gasteiger partial charge is 0.418 e. The van der Waals surface area contributed by atoms with Crippen LogP contribution in [0, 0.1) is 0 Å². The maximum atomic E-state index is 6.72. The fourth-order valence-corrected chi connectivity index (χ4v) is 22.5. The van der Waals surface area contributed by atoms with Crippen molar-refractivity contribution in [2.45, 2.75) is 52.4 Å². The quantitative estimate of drug-likeness (QED) is 0.468. The Balaban J connectivity index is 3.17. The van der Waals surface area contributed by atoms with Gasteiger partial charge in [-0.2, -0.15) is 0 Å². The van der Waals surface area contributed by atoms with E-state index in [4.69, 9.17) is 25.3 Å². The third-order valence-electron chi connectivity index (χ3n) is 3.94. The zero-order valence-electron chi connectivity index (χ0n) is 18.4. The van der Waals surface area contributed by atoms with E-state index in [1.807, 2.05) is 37.8 Å². The first-order valence-corrected chi connectivity index (χ1v) is 22.0. The second-order valence-corrected chi connectivity index (χ2v) is 24.2. The second-order valence-electron chi connectivity index (χ2n) is 7.94. The third-order valence-corrected chi connectivity index (χ3v) is 21.6. The molecule has 0 bridgehead atoms. The third kappa shape index (κ3) is 8.53. The van der Waals surface area contributed by atoms with Gasteiger partial charge in [0.05, 0.1) is 0 Å². The van der Waals surface area contributed by atoms with E-state index < -0.39 is 43.5 Å². The minimum absolute atomic E-state index is 1.07. The van der Waals surface area contributed by atoms with Crippen LogP contribution in [0.4, 0.5) is 0 Å². The number of benzene rings is 1. The van der Waals surface area contributed by atoms with Gasteiger partial charge in [-0.3, -0.25) is 0 Å². The van der Waals surface area contributed by atoms with Gasteiger partial charge in [0.25, 0.3) is 0 Å². The summed E-state index contributed by atoms with van der Waals surface area (Å²) in [4.78, 5) is 0. The highest BCUT2D eigenvalue weighted by Gasteiger charge is 2.48. The summed E-state index contributed by atoms with van der Waals surface area (Å²) in [5.41, 5.74) is 0. The van der Waals surface area contributed by atoms with Crippen LogP contribution in [-0.4, -0.2) is 57.7 Å². The van der Waals surface area contributed by atoms with Crippen LogP contribution in [0.3, 0.4) is 0 Å². The van der Waals surface area contributed by atoms with Crippen LogP contribution < -0.4 is 5.19 Å². The van der Waals surface area contributed by atoms with Gasteiger partial charge in [0, 0.05) is 14.2 Å². The van der Waals surface area contributed by atoms with Gasteiger partial charge < -0.3 is 25.3 Å². The lowest BCUT2D eigenvalue weighted by molar-refractivity contribution is 0.255. The molecular formula is C16H36O6Si5. The first kappa shape index (κ1) is 25.1. The van der Waals surface area contributed by atoms with Gasteiger partial charge in [0.2, 0.25) is 0 Å². The molecule has 0 aromatic heterocycles. The Kier molecular flexibility index (Phi) is 9.03. The molecule has 1 aromatic carbocycles. The Bertz CT molecular complexity index is 586. The molecule has 1 rings (SSSR count). The van der Waals surface area contributed by atoms with Gasteiger partial charge in [0.1, 0.15) is 0 Å². The van der Waals surface area contributed by atoms with Crippen LogP contribution >= 0.6 is 0 Å². The van der Waals surface area contributed by atoms with E-state index in [1.54, 1.807) is 14.2 Å². The molecule has 2 unspecified atom stereocenters. The predicted octanol–water partition coefficient (Wildman–Crippen LogP) is 3.28. The second kappa shape index (κ2) is 9.71. The molecule has 0 aliphatic rings. The molecule has 0 aliphatic heterocycles. The van der Waals surface area contributed by atoms with Crippen LogP contribution in [0.5, 0.6) is 0 Å². The van der Waals surface area contributed by atoms with Gasteiger partial charge in [-0.05, 0) is 57.6 Å². The summed E-state index contributed by atoms with van der Waals surface area (Å²) < 4.78 is 36.9. The van der Waals surface area contributed by atoms with Gasteiger partial charge in [-0.25, -0.2) is 0 Å². The van der Waals surface area contributed by atoms with Crippen molar-refractivity contribution in [1.29, 1.82) is 0 Å². The van der Waals surface area contributed by atoms with Crippen LogP contribution in [0.1, 0.15) is 0 Å². The summed E-state index contributed by atoms with van der Waals surface area (Å²) in [7, 11) is -8.30. The highest BCUT2D eigenvalue weighted by Crippen LogP contribution is 2.25. The lowest BCUT2D eigenvalue weighted by Crippen LogP contribution is -2.64. The van der Waals surface area contributed by atoms with E-state index in [9.17, 15) is 0 Å². The van der Waals surface area contributed by atoms with E-state index >= 15 is 0 Å². The molecule has 0 radical (unpaired) electrons. The summed E-state index contributed by atoms with van der Waals surface area (Å²) in [5.74, 6) is 0. The SMILES string of the molecule is CO[SiH](C)O[Si](C)(C)O[Si](C)(O[Si](C)(C)O[Si](C)(C)OC)c1ccccc1. The highest BCUT2D eigenvalue weighted by atomic mass is 28.5. The Hall–Kier alpha value is 0.0644. The van der Waals surface area contributed by atoms with Gasteiger partial charge in [0.15, 0.2) is 0 Å². The summed E-state index contributed by atoms with van der Waals surface area (Å²) >= 11 is 0. The molecule has 6 nitrogen and oxygen atoms in total. The molecule has 27 heavy (non-hydrogen) atoms.